The Balaban J connectivity index is 2.67. The molecule has 1 atom stereocenters. The van der Waals surface area contributed by atoms with Crippen molar-refractivity contribution in [2.75, 3.05) is 6.61 Å². The zero-order chi connectivity index (χ0) is 13.5. The normalized spacial score (nSPS) is 16.3. The molecule has 0 aliphatic carbocycles. The van der Waals surface area contributed by atoms with E-state index in [9.17, 15) is 5.11 Å². The van der Waals surface area contributed by atoms with E-state index in [4.69, 9.17) is 4.74 Å². The van der Waals surface area contributed by atoms with Gasteiger partial charge in [0, 0.05) is 23.1 Å². The van der Waals surface area contributed by atoms with Gasteiger partial charge in [0.05, 0.1) is 6.61 Å². The summed E-state index contributed by atoms with van der Waals surface area (Å²) in [5.74, 6) is 1.84. The Labute approximate surface area is 110 Å². The van der Waals surface area contributed by atoms with Crippen molar-refractivity contribution in [3.63, 3.8) is 0 Å². The molecule has 1 heterocycles. The van der Waals surface area contributed by atoms with Crippen molar-refractivity contribution in [1.82, 2.24) is 0 Å². The van der Waals surface area contributed by atoms with Gasteiger partial charge in [0.2, 0.25) is 0 Å². The lowest BCUT2D eigenvalue weighted by atomic mass is 9.81. The first-order chi connectivity index (χ1) is 8.36. The summed E-state index contributed by atoms with van der Waals surface area (Å²) in [7, 11) is 0. The molecule has 1 aromatic rings. The van der Waals surface area contributed by atoms with E-state index in [0.717, 1.165) is 36.3 Å². The first-order valence-electron chi connectivity index (χ1n) is 6.88. The van der Waals surface area contributed by atoms with Crippen LogP contribution in [0, 0.1) is 0 Å². The minimum Gasteiger partial charge on any atom is -0.507 e. The molecule has 1 N–H and O–H groups in total. The lowest BCUT2D eigenvalue weighted by Gasteiger charge is -2.25. The summed E-state index contributed by atoms with van der Waals surface area (Å²) in [5, 5.41) is 10.6. The van der Waals surface area contributed by atoms with Crippen LogP contribution < -0.4 is 4.74 Å². The van der Waals surface area contributed by atoms with Crippen molar-refractivity contribution in [1.29, 1.82) is 0 Å². The van der Waals surface area contributed by atoms with Gasteiger partial charge in [0.1, 0.15) is 11.5 Å². The van der Waals surface area contributed by atoms with E-state index in [-0.39, 0.29) is 5.41 Å². The van der Waals surface area contributed by atoms with Gasteiger partial charge in [-0.15, -0.1) is 0 Å². The third-order valence-electron chi connectivity index (χ3n) is 3.93. The molecule has 1 aliphatic rings. The Hall–Kier alpha value is -1.18. The Bertz CT molecular complexity index is 455. The Kier molecular flexibility index (Phi) is 3.31. The van der Waals surface area contributed by atoms with E-state index in [0.29, 0.717) is 11.7 Å². The molecule has 0 fully saturated rings. The van der Waals surface area contributed by atoms with Gasteiger partial charge in [-0.25, -0.2) is 0 Å². The Morgan fingerprint density at radius 2 is 2.06 bits per heavy atom. The average molecular weight is 248 g/mol. The highest BCUT2D eigenvalue weighted by Crippen LogP contribution is 2.45. The standard InChI is InChI=1S/C16H24O2/c1-6-10(2)14-11-7-8-18-13(11)9-12(15(14)17)16(3,4)5/h9-10,17H,6-8H2,1-5H3. The molecule has 2 nitrogen and oxygen atoms in total. The molecule has 1 aliphatic heterocycles. The van der Waals surface area contributed by atoms with Gasteiger partial charge in [-0.1, -0.05) is 34.6 Å². The minimum atomic E-state index is -0.0622. The summed E-state index contributed by atoms with van der Waals surface area (Å²) in [5.41, 5.74) is 3.26. The van der Waals surface area contributed by atoms with Crippen molar-refractivity contribution in [3.8, 4) is 11.5 Å². The number of hydrogen-bond acceptors (Lipinski definition) is 2. The van der Waals surface area contributed by atoms with Crippen LogP contribution in [-0.2, 0) is 11.8 Å². The van der Waals surface area contributed by atoms with Crippen molar-refractivity contribution in [3.05, 3.63) is 22.8 Å². The Morgan fingerprint density at radius 1 is 1.39 bits per heavy atom. The first kappa shape index (κ1) is 13.3. The number of aromatic hydroxyl groups is 1. The zero-order valence-corrected chi connectivity index (χ0v) is 12.1. The summed E-state index contributed by atoms with van der Waals surface area (Å²) in [4.78, 5) is 0. The van der Waals surface area contributed by atoms with Crippen molar-refractivity contribution >= 4 is 0 Å². The molecule has 0 radical (unpaired) electrons. The summed E-state index contributed by atoms with van der Waals surface area (Å²) >= 11 is 0. The smallest absolute Gasteiger partial charge is 0.123 e. The minimum absolute atomic E-state index is 0.0622. The molecule has 0 saturated heterocycles. The molecule has 0 bridgehead atoms. The van der Waals surface area contributed by atoms with Gasteiger partial charge in [-0.05, 0) is 23.8 Å². The molecule has 100 valence electrons. The van der Waals surface area contributed by atoms with Gasteiger partial charge < -0.3 is 9.84 Å². The van der Waals surface area contributed by atoms with E-state index >= 15 is 0 Å². The third-order valence-corrected chi connectivity index (χ3v) is 3.93. The van der Waals surface area contributed by atoms with Gasteiger partial charge in [0.25, 0.3) is 0 Å². The maximum atomic E-state index is 10.6. The maximum Gasteiger partial charge on any atom is 0.123 e. The number of phenols is 1. The first-order valence-corrected chi connectivity index (χ1v) is 6.88. The van der Waals surface area contributed by atoms with Crippen molar-refractivity contribution in [2.24, 2.45) is 0 Å². The molecule has 1 unspecified atom stereocenters. The second-order valence-corrected chi connectivity index (χ2v) is 6.32. The lowest BCUT2D eigenvalue weighted by molar-refractivity contribution is 0.355. The second kappa shape index (κ2) is 4.49. The van der Waals surface area contributed by atoms with E-state index in [1.165, 1.54) is 5.56 Å². The number of ether oxygens (including phenoxy) is 1. The lowest BCUT2D eigenvalue weighted by Crippen LogP contribution is -2.13. The summed E-state index contributed by atoms with van der Waals surface area (Å²) in [6, 6.07) is 2.03. The fourth-order valence-electron chi connectivity index (χ4n) is 2.66. The van der Waals surface area contributed by atoms with Crippen LogP contribution in [0.3, 0.4) is 0 Å². The highest BCUT2D eigenvalue weighted by molar-refractivity contribution is 5.57. The predicted octanol–water partition coefficient (Wildman–Crippen LogP) is 4.14. The van der Waals surface area contributed by atoms with Crippen LogP contribution in [0.15, 0.2) is 6.07 Å². The van der Waals surface area contributed by atoms with Gasteiger partial charge >= 0.3 is 0 Å². The molecule has 18 heavy (non-hydrogen) atoms. The topological polar surface area (TPSA) is 29.5 Å². The molecular formula is C16H24O2. The molecule has 1 aromatic carbocycles. The SMILES string of the molecule is CCC(C)c1c(O)c(C(C)(C)C)cc2c1CCO2. The van der Waals surface area contributed by atoms with Gasteiger partial charge in [-0.3, -0.25) is 0 Å². The zero-order valence-electron chi connectivity index (χ0n) is 12.1. The summed E-state index contributed by atoms with van der Waals surface area (Å²) in [6.07, 6.45) is 1.96. The van der Waals surface area contributed by atoms with Crippen LogP contribution in [0.5, 0.6) is 11.5 Å². The second-order valence-electron chi connectivity index (χ2n) is 6.32. The quantitative estimate of drug-likeness (QED) is 0.852. The van der Waals surface area contributed by atoms with E-state index in [1.807, 2.05) is 6.07 Å². The fourth-order valence-corrected chi connectivity index (χ4v) is 2.66. The van der Waals surface area contributed by atoms with Crippen molar-refractivity contribution < 1.29 is 9.84 Å². The molecule has 0 spiro atoms. The van der Waals surface area contributed by atoms with Crippen LogP contribution in [0.4, 0.5) is 0 Å². The third kappa shape index (κ3) is 2.09. The average Bonchev–Trinajstić information content (AvgIpc) is 2.73. The van der Waals surface area contributed by atoms with Gasteiger partial charge in [0.15, 0.2) is 0 Å². The number of rotatable bonds is 2. The molecule has 2 rings (SSSR count). The summed E-state index contributed by atoms with van der Waals surface area (Å²) in [6.45, 7) is 11.5. The number of phenolic OH excluding ortho intramolecular Hbond substituents is 1. The number of fused-ring (bicyclic) bond motifs is 1. The summed E-state index contributed by atoms with van der Waals surface area (Å²) < 4.78 is 5.71. The Morgan fingerprint density at radius 3 is 2.61 bits per heavy atom. The number of benzene rings is 1. The molecule has 0 amide bonds. The van der Waals surface area contributed by atoms with Crippen LogP contribution in [0.1, 0.15) is 63.6 Å². The van der Waals surface area contributed by atoms with Crippen LogP contribution in [-0.4, -0.2) is 11.7 Å². The van der Waals surface area contributed by atoms with Crippen molar-refractivity contribution in [2.45, 2.75) is 58.8 Å². The van der Waals surface area contributed by atoms with Crippen LogP contribution >= 0.6 is 0 Å². The molecule has 0 saturated carbocycles. The molecule has 2 heteroatoms. The predicted molar refractivity (Wildman–Crippen MR) is 74.7 cm³/mol. The largest absolute Gasteiger partial charge is 0.507 e. The maximum absolute atomic E-state index is 10.6. The van der Waals surface area contributed by atoms with Gasteiger partial charge in [-0.2, -0.15) is 0 Å². The number of hydrogen-bond donors (Lipinski definition) is 1. The van der Waals surface area contributed by atoms with E-state index in [2.05, 4.69) is 34.6 Å². The van der Waals surface area contributed by atoms with E-state index < -0.39 is 0 Å². The molecule has 0 aromatic heterocycles. The highest BCUT2D eigenvalue weighted by atomic mass is 16.5. The fraction of sp³-hybridized carbons (Fsp3) is 0.625. The molecular weight excluding hydrogens is 224 g/mol. The highest BCUT2D eigenvalue weighted by Gasteiger charge is 2.29. The monoisotopic (exact) mass is 248 g/mol. The van der Waals surface area contributed by atoms with Crippen LogP contribution in [0.2, 0.25) is 0 Å². The van der Waals surface area contributed by atoms with Crippen LogP contribution in [0.25, 0.3) is 0 Å². The van der Waals surface area contributed by atoms with E-state index in [1.54, 1.807) is 0 Å².